The largest absolute Gasteiger partial charge is 1.00 e. The number of para-hydroxylation sites is 5. The number of guanidine groups is 1. The smallest absolute Gasteiger partial charge is 1.00 e. The number of anilines is 4. The summed E-state index contributed by atoms with van der Waals surface area (Å²) in [7, 11) is 8.16. The SMILES string of the molecule is CCCC[C@@H](CC(=O)OC(C)(C)C)Nc1nc(N)nc(C)c1Cc1ccccc1OC.CCCC[C@H](N)CC(=O)OC(C)(C)C.CCOC(=O)C(Cc1ccccc1OC)C(C)=O.CCOC(=O)CC(C)=O.COc1ccccc1CBr.COc1ccccc1Cc1c(C)nc(N)[nH]c1=O.COc1ccccc1Cc1c(C)nc(N)nc1Cl.N=C(N)N.O=P(Cl)(Cl)Cl.[H-].[Na+].[Na+].[OH-]. The van der Waals surface area contributed by atoms with Crippen LogP contribution in [0, 0.1) is 32.1 Å². The molecule has 1 unspecified atom stereocenters. The van der Waals surface area contributed by atoms with Crippen molar-refractivity contribution in [2.75, 3.05) is 71.3 Å². The number of nitrogen functional groups attached to an aromatic ring is 3. The molecule has 0 aliphatic carbocycles. The summed E-state index contributed by atoms with van der Waals surface area (Å²) in [6.45, 7) is 27.8. The van der Waals surface area contributed by atoms with Crippen LogP contribution in [0.15, 0.2) is 126 Å². The quantitative estimate of drug-likeness (QED) is 0.00218. The van der Waals surface area contributed by atoms with Gasteiger partial charge in [0.2, 0.25) is 17.8 Å². The predicted molar refractivity (Wildman–Crippen MR) is 514 cm³/mol. The summed E-state index contributed by atoms with van der Waals surface area (Å²) in [6.07, 6.45) is 8.40. The number of benzene rings is 5. The fourth-order valence-electron chi connectivity index (χ4n) is 11.3. The summed E-state index contributed by atoms with van der Waals surface area (Å²) in [5.74, 6) is 2.41. The molecule has 3 heterocycles. The number of aromatic nitrogens is 6. The van der Waals surface area contributed by atoms with E-state index in [1.165, 1.54) is 19.4 Å². The summed E-state index contributed by atoms with van der Waals surface area (Å²) in [5, 5.41) is 7.54. The number of nitrogens with one attached hydrogen (secondary N) is 3. The van der Waals surface area contributed by atoms with Crippen molar-refractivity contribution in [1.82, 2.24) is 29.9 Å². The van der Waals surface area contributed by atoms with Crippen molar-refractivity contribution in [2.24, 2.45) is 23.1 Å². The van der Waals surface area contributed by atoms with E-state index in [4.69, 9.17) is 77.8 Å². The first-order valence-corrected chi connectivity index (χ1v) is 46.5. The van der Waals surface area contributed by atoms with Gasteiger partial charge in [-0.3, -0.25) is 48.5 Å². The molecule has 0 radical (unpaired) electrons. The van der Waals surface area contributed by atoms with E-state index < -0.39 is 34.3 Å². The van der Waals surface area contributed by atoms with Crippen molar-refractivity contribution in [3.8, 4) is 28.7 Å². The number of ketones is 2. The number of rotatable bonds is 32. The average molecular weight is 2000 g/mol. The molecule has 8 aromatic rings. The Bertz CT molecular complexity index is 4770. The first-order chi connectivity index (χ1) is 59.6. The number of carbonyl (C=O) groups is 6. The van der Waals surface area contributed by atoms with Gasteiger partial charge in [-0.15, -0.1) is 0 Å². The van der Waals surface area contributed by atoms with Gasteiger partial charge in [0.1, 0.15) is 74.8 Å². The predicted octanol–water partition coefficient (Wildman–Crippen LogP) is 11.5. The van der Waals surface area contributed by atoms with Gasteiger partial charge in [-0.1, -0.05) is 158 Å². The Labute approximate surface area is 839 Å². The van der Waals surface area contributed by atoms with Crippen LogP contribution in [0.1, 0.15) is 204 Å². The molecule has 712 valence electrons. The van der Waals surface area contributed by atoms with Gasteiger partial charge in [-0.25, -0.2) is 19.9 Å². The normalized spacial score (nSPS) is 10.9. The first kappa shape index (κ1) is 128. The van der Waals surface area contributed by atoms with Gasteiger partial charge in [0.05, 0.1) is 67.3 Å². The summed E-state index contributed by atoms with van der Waals surface area (Å²) in [4.78, 5) is 103. The zero-order chi connectivity index (χ0) is 96.7. The van der Waals surface area contributed by atoms with Gasteiger partial charge in [0.25, 0.3) is 5.56 Å². The summed E-state index contributed by atoms with van der Waals surface area (Å²) >= 11 is 23.3. The minimum atomic E-state index is -3.22. The van der Waals surface area contributed by atoms with E-state index >= 15 is 0 Å². The Morgan fingerprint density at radius 3 is 1.27 bits per heavy atom. The molecule has 0 spiro atoms. The second-order valence-electron chi connectivity index (χ2n) is 29.8. The number of ether oxygens (including phenoxy) is 9. The van der Waals surface area contributed by atoms with E-state index in [1.807, 2.05) is 171 Å². The molecular weight excluding hydrogens is 1860 g/mol. The van der Waals surface area contributed by atoms with Crippen molar-refractivity contribution in [2.45, 2.75) is 216 Å². The molecule has 130 heavy (non-hydrogen) atoms. The van der Waals surface area contributed by atoms with Gasteiger partial charge < -0.3 is 89.3 Å². The van der Waals surface area contributed by atoms with Crippen LogP contribution in [0.2, 0.25) is 5.15 Å². The molecular formula is C90H132BrCl4N14Na2O18P. The number of aryl methyl sites for hydroxylation is 3. The van der Waals surface area contributed by atoms with Gasteiger partial charge in [0, 0.05) is 70.3 Å². The Morgan fingerprint density at radius 1 is 0.546 bits per heavy atom. The molecule has 3 aromatic heterocycles. The van der Waals surface area contributed by atoms with Crippen LogP contribution in [0.5, 0.6) is 28.7 Å². The van der Waals surface area contributed by atoms with E-state index in [2.05, 4.69) is 115 Å². The third kappa shape index (κ3) is 57.8. The van der Waals surface area contributed by atoms with Crippen LogP contribution in [-0.2, 0) is 83.3 Å². The monoisotopic (exact) mass is 1990 g/mol. The topological polar surface area (TPSA) is 522 Å². The molecule has 0 saturated heterocycles. The zero-order valence-electron chi connectivity index (χ0n) is 80.0. The number of nitrogens with zero attached hydrogens (tertiary/aromatic N) is 5. The molecule has 8 rings (SSSR count). The molecule has 40 heteroatoms. The van der Waals surface area contributed by atoms with Crippen molar-refractivity contribution in [3.63, 3.8) is 0 Å². The maximum Gasteiger partial charge on any atom is 1.00 e. The van der Waals surface area contributed by atoms with E-state index in [0.29, 0.717) is 66.7 Å². The Morgan fingerprint density at radius 2 is 0.900 bits per heavy atom. The maximum atomic E-state index is 12.5. The fourth-order valence-corrected chi connectivity index (χ4v) is 12.0. The van der Waals surface area contributed by atoms with E-state index in [9.17, 15) is 38.1 Å². The number of Topliss-reactive ketones (excluding diaryl/α,β-unsaturated/α-hetero) is 2. The van der Waals surface area contributed by atoms with Crippen molar-refractivity contribution in [1.29, 1.82) is 5.41 Å². The number of esters is 4. The third-order valence-corrected chi connectivity index (χ3v) is 17.8. The number of nitrogens with two attached hydrogens (primary N) is 6. The minimum Gasteiger partial charge on any atom is -1.00 e. The molecule has 32 nitrogen and oxygen atoms in total. The summed E-state index contributed by atoms with van der Waals surface area (Å²) in [6, 6.07) is 38.4. The second-order valence-corrected chi connectivity index (χ2v) is 37.4. The number of hydrogen-bond acceptors (Lipinski definition) is 29. The van der Waals surface area contributed by atoms with Gasteiger partial charge in [-0.05, 0) is 196 Å². The Balaban J connectivity index is -0.000000475. The number of carbonyl (C=O) groups excluding carboxylic acids is 6. The zero-order valence-corrected chi connectivity index (χ0v) is 88.5. The van der Waals surface area contributed by atoms with Gasteiger partial charge >= 0.3 is 88.2 Å². The number of halogens is 5. The van der Waals surface area contributed by atoms with E-state index in [-0.39, 0.29) is 150 Å². The molecule has 0 fully saturated rings. The molecule has 16 N–H and O–H groups in total. The van der Waals surface area contributed by atoms with E-state index in [1.54, 1.807) is 62.4 Å². The molecule has 0 aliphatic heterocycles. The molecule has 0 bridgehead atoms. The van der Waals surface area contributed by atoms with E-state index in [0.717, 1.165) is 112 Å². The maximum absolute atomic E-state index is 12.5. The molecule has 5 aromatic carbocycles. The van der Waals surface area contributed by atoms with Crippen LogP contribution in [0.25, 0.3) is 0 Å². The Hall–Kier alpha value is -8.38. The van der Waals surface area contributed by atoms with Crippen molar-refractivity contribution < 1.29 is 142 Å². The van der Waals surface area contributed by atoms with Gasteiger partial charge in [-0.2, -0.15) is 4.98 Å². The first-order valence-electron chi connectivity index (χ1n) is 40.6. The second kappa shape index (κ2) is 69.5. The van der Waals surface area contributed by atoms with Crippen molar-refractivity contribution in [3.05, 3.63) is 198 Å². The van der Waals surface area contributed by atoms with Crippen LogP contribution in [-0.4, -0.2) is 149 Å². The number of methoxy groups -OCH3 is 5. The summed E-state index contributed by atoms with van der Waals surface area (Å²) < 4.78 is 56.0. The molecule has 0 saturated carbocycles. The summed E-state index contributed by atoms with van der Waals surface area (Å²) in [5.41, 5.74) is 40.3. The third-order valence-electron chi connectivity index (χ3n) is 16.9. The molecule has 0 aliphatic rings. The molecule has 3 atom stereocenters. The van der Waals surface area contributed by atoms with Crippen LogP contribution in [0.3, 0.4) is 0 Å². The number of unbranched alkanes of at least 4 members (excludes halogenated alkanes) is 2. The van der Waals surface area contributed by atoms with Crippen molar-refractivity contribution >= 4 is 132 Å². The minimum absolute atomic E-state index is 0. The number of alkyl halides is 1. The van der Waals surface area contributed by atoms with Gasteiger partial charge in [0.15, 0.2) is 5.96 Å². The van der Waals surface area contributed by atoms with Crippen LogP contribution in [0.4, 0.5) is 23.7 Å². The standard InChI is InChI=1S/C24H36N4O3.C14H18O4.C13H14ClN3O.C13H15N3O2.C11H23NO2.C8H9BrO.C6H10O3.CH5N3.Cl3OP.2Na.H2O.H/c1-7-8-12-18(15-21(29)31-24(3,4)5)27-22-19(16(2)26-23(25)28-22)14-17-11-9-10-13-20(17)30-6;1-4-18-14(16)12(10(2)15)9-11-7-5-6-8-13(11)17-3;1-8-10(12(14)17-13(15)16-8)7-9-5-3-4-6-11(9)18-2;1-8-10(12(17)16-13(14)15-8)7-9-5-3-4-6-11(9)18-2;1-5-6-7-9(12)8-10(13)14-11(2,3)4;1-10-8-5-3-2-4-7(8)6-9;1-3-9-6(8)4-5(2)7;2-1(3)4;1-5(2,3)4;;;;/h9-11,13,18H,7-8,12,14-15H2,1-6H3,(H3,25,26,27,28);5-8,12H,4,9H2,1-3H3;3-6H,7H2,1-2H3,(H2,15,16,17);3-6H,7H2,1-2H3,(H3,14,15,16,17);9H,5-8,12H2,1-4H3;2-5H,6H2,1H3;3-4H2,1-2H3;(H5,2,3,4);;;;1H2;/q;;;;;;;;;2*+1;;-1/p-1/t18-;;;;9-;;;;;;;;/m0...0......../s1. The average Bonchev–Trinajstić information content (AvgIpc) is 0.814. The number of aromatic amines is 1. The number of hydrogen-bond donors (Lipinski definition) is 9. The number of H-pyrrole nitrogens is 1. The van der Waals surface area contributed by atoms with Crippen LogP contribution < -0.4 is 128 Å². The fraction of sp³-hybridized carbons (Fsp3) is 0.456. The van der Waals surface area contributed by atoms with Crippen LogP contribution >= 0.6 is 66.5 Å². The molecule has 0 amide bonds. The Kier molecular flexibility index (Phi) is 68.4.